The first-order valence-electron chi connectivity index (χ1n) is 29.2. The molecular weight excluding hydrogens is 1020 g/mol. The molecule has 3 aliphatic rings. The monoisotopic (exact) mass is 1110 g/mol. The SMILES string of the molecule is CC(C)(C)c1cc2c(O)c(c1)Cc1cc(C(C)(C)C)cc(c1OCC1COCCOCCOCCO1)Cc1cc(C(C)(C)C)cc(c1O)Cc1cc(C(C)(C)C)cc(c1OCC1COCCOCCOCCOCCOCCO1)C2. The van der Waals surface area contributed by atoms with E-state index < -0.39 is 12.2 Å². The zero-order valence-corrected chi connectivity index (χ0v) is 50.5. The van der Waals surface area contributed by atoms with Crippen molar-refractivity contribution in [1.29, 1.82) is 0 Å². The van der Waals surface area contributed by atoms with Gasteiger partial charge < -0.3 is 67.1 Å². The predicted molar refractivity (Wildman–Crippen MR) is 312 cm³/mol. The number of aromatic hydroxyl groups is 2. The average molecular weight is 1110 g/mol. The fourth-order valence-corrected chi connectivity index (χ4v) is 9.95. The summed E-state index contributed by atoms with van der Waals surface area (Å²) in [7, 11) is 0. The summed E-state index contributed by atoms with van der Waals surface area (Å²) in [6.45, 7) is 34.5. The fraction of sp³-hybridized carbons (Fsp3) is 0.636. The molecule has 80 heavy (non-hydrogen) atoms. The maximum Gasteiger partial charge on any atom is 0.126 e. The highest BCUT2D eigenvalue weighted by molar-refractivity contribution is 5.59. The Morgan fingerprint density at radius 2 is 0.537 bits per heavy atom. The number of ether oxygens (including phenoxy) is 12. The van der Waals surface area contributed by atoms with E-state index in [1.807, 2.05) is 0 Å². The van der Waals surface area contributed by atoms with Crippen molar-refractivity contribution in [1.82, 2.24) is 0 Å². The molecule has 1 aliphatic carbocycles. The molecule has 2 fully saturated rings. The number of phenols is 2. The Balaban J connectivity index is 1.39. The lowest BCUT2D eigenvalue weighted by Gasteiger charge is -2.29. The minimum absolute atomic E-state index is 0.166. The zero-order chi connectivity index (χ0) is 57.5. The lowest BCUT2D eigenvalue weighted by Crippen LogP contribution is -2.30. The molecule has 4 aromatic rings. The van der Waals surface area contributed by atoms with E-state index in [1.54, 1.807) is 0 Å². The maximum atomic E-state index is 12.9. The summed E-state index contributed by atoms with van der Waals surface area (Å²) < 4.78 is 73.8. The van der Waals surface area contributed by atoms with Crippen molar-refractivity contribution in [3.63, 3.8) is 0 Å². The lowest BCUT2D eigenvalue weighted by atomic mass is 9.79. The van der Waals surface area contributed by atoms with E-state index in [0.717, 1.165) is 66.8 Å². The second-order valence-corrected chi connectivity index (χ2v) is 25.7. The van der Waals surface area contributed by atoms with Crippen LogP contribution >= 0.6 is 0 Å². The number of benzene rings is 4. The van der Waals surface area contributed by atoms with Crippen molar-refractivity contribution < 1.29 is 67.1 Å². The summed E-state index contributed by atoms with van der Waals surface area (Å²) in [5, 5.41) is 25.8. The number of hydrogen-bond donors (Lipinski definition) is 2. The van der Waals surface area contributed by atoms with Crippen LogP contribution in [0.2, 0.25) is 0 Å². The van der Waals surface area contributed by atoms with Gasteiger partial charge in [0.25, 0.3) is 0 Å². The summed E-state index contributed by atoms with van der Waals surface area (Å²) in [5.41, 5.74) is 10.2. The molecule has 0 saturated carbocycles. The van der Waals surface area contributed by atoms with Gasteiger partial charge in [-0.1, -0.05) is 132 Å². The van der Waals surface area contributed by atoms with Crippen LogP contribution in [0.5, 0.6) is 23.0 Å². The molecule has 2 saturated heterocycles. The Morgan fingerprint density at radius 1 is 0.325 bits per heavy atom. The van der Waals surface area contributed by atoms with Crippen LogP contribution in [0.15, 0.2) is 48.5 Å². The molecular formula is C66H96O14. The van der Waals surface area contributed by atoms with Crippen LogP contribution in [0, 0.1) is 0 Å². The Labute approximate surface area is 478 Å². The minimum atomic E-state index is -0.465. The van der Waals surface area contributed by atoms with Gasteiger partial charge in [0.05, 0.1) is 119 Å². The van der Waals surface area contributed by atoms with Crippen molar-refractivity contribution in [3.8, 4) is 23.0 Å². The second kappa shape index (κ2) is 29.3. The van der Waals surface area contributed by atoms with Crippen molar-refractivity contribution in [2.45, 2.75) is 143 Å². The van der Waals surface area contributed by atoms with Crippen molar-refractivity contribution in [2.24, 2.45) is 0 Å². The number of hydrogen-bond acceptors (Lipinski definition) is 14. The van der Waals surface area contributed by atoms with E-state index in [4.69, 9.17) is 56.8 Å². The van der Waals surface area contributed by atoms with Gasteiger partial charge in [-0.2, -0.15) is 0 Å². The van der Waals surface area contributed by atoms with Gasteiger partial charge in [0.15, 0.2) is 0 Å². The molecule has 8 bridgehead atoms. The van der Waals surface area contributed by atoms with Crippen LogP contribution < -0.4 is 9.47 Å². The van der Waals surface area contributed by atoms with Crippen LogP contribution in [-0.2, 0) is 94.7 Å². The van der Waals surface area contributed by atoms with E-state index in [9.17, 15) is 10.2 Å². The highest BCUT2D eigenvalue weighted by Crippen LogP contribution is 2.44. The molecule has 0 radical (unpaired) electrons. The lowest BCUT2D eigenvalue weighted by molar-refractivity contribution is -0.0774. The minimum Gasteiger partial charge on any atom is -0.507 e. The molecule has 2 aliphatic heterocycles. The molecule has 2 N–H and O–H groups in total. The number of phenolic OH excluding ortho intramolecular Hbond substituents is 2. The molecule has 0 spiro atoms. The first-order valence-corrected chi connectivity index (χ1v) is 29.2. The third kappa shape index (κ3) is 18.9. The Bertz CT molecular complexity index is 2430. The molecule has 7 rings (SSSR count). The van der Waals surface area contributed by atoms with Crippen LogP contribution in [-0.4, -0.2) is 155 Å². The topological polar surface area (TPSA) is 151 Å². The molecule has 14 heteroatoms. The van der Waals surface area contributed by atoms with Crippen molar-refractivity contribution >= 4 is 0 Å². The van der Waals surface area contributed by atoms with Crippen molar-refractivity contribution in [3.05, 3.63) is 115 Å². The average Bonchev–Trinajstić information content (AvgIpc) is 3.41. The molecule has 2 atom stereocenters. The van der Waals surface area contributed by atoms with Gasteiger partial charge in [0.2, 0.25) is 0 Å². The fourth-order valence-electron chi connectivity index (χ4n) is 9.95. The molecule has 0 aromatic heterocycles. The van der Waals surface area contributed by atoms with Gasteiger partial charge in [0.1, 0.15) is 48.4 Å². The van der Waals surface area contributed by atoms with Gasteiger partial charge in [-0.15, -0.1) is 0 Å². The molecule has 0 amide bonds. The highest BCUT2D eigenvalue weighted by Gasteiger charge is 2.30. The Morgan fingerprint density at radius 3 is 0.775 bits per heavy atom. The maximum absolute atomic E-state index is 12.9. The van der Waals surface area contributed by atoms with E-state index in [-0.39, 0.29) is 53.0 Å². The quantitative estimate of drug-likeness (QED) is 0.166. The summed E-state index contributed by atoms with van der Waals surface area (Å²) in [4.78, 5) is 0. The van der Waals surface area contributed by atoms with Gasteiger partial charge in [0, 0.05) is 25.7 Å². The van der Waals surface area contributed by atoms with E-state index in [2.05, 4.69) is 132 Å². The van der Waals surface area contributed by atoms with E-state index in [1.165, 1.54) is 0 Å². The number of fused-ring (bicyclic) bond motifs is 8. The standard InChI is InChI=1S/C66H96O14/c1-63(2,3)53-33-45-29-49-37-55(65(7,8)9)38-50(61(49)79-43-57-41-75-23-21-71-16-15-69-13-14-70-17-19-73-25-27-77-57)30-46-34-54(64(4,5)6)36-48(60(46)68)32-52-40-56(66(10,11)12)39-51(31-47(35-53)59(45)67)62(52)80-44-58-42-76-24-22-72-18-20-74-26-28-78-58/h33-40,57-58,67-68H,13-32,41-44H2,1-12H3. The second-order valence-electron chi connectivity index (χ2n) is 25.7. The van der Waals surface area contributed by atoms with Crippen LogP contribution in [0.25, 0.3) is 0 Å². The summed E-state index contributed by atoms with van der Waals surface area (Å²) in [6, 6.07) is 17.6. The van der Waals surface area contributed by atoms with Crippen LogP contribution in [0.4, 0.5) is 0 Å². The molecule has 2 unspecified atom stereocenters. The smallest absolute Gasteiger partial charge is 0.126 e. The van der Waals surface area contributed by atoms with Gasteiger partial charge in [-0.05, 0) is 88.4 Å². The van der Waals surface area contributed by atoms with Gasteiger partial charge in [-0.3, -0.25) is 0 Å². The number of rotatable bonds is 6. The Hall–Kier alpha value is -4.32. The summed E-state index contributed by atoms with van der Waals surface area (Å²) in [5.74, 6) is 1.83. The first kappa shape index (κ1) is 63.3. The highest BCUT2D eigenvalue weighted by atomic mass is 16.6. The molecule has 14 nitrogen and oxygen atoms in total. The predicted octanol–water partition coefficient (Wildman–Crippen LogP) is 10.7. The first-order chi connectivity index (χ1) is 38.0. The molecule has 444 valence electrons. The molecule has 4 aromatic carbocycles. The third-order valence-electron chi connectivity index (χ3n) is 14.8. The van der Waals surface area contributed by atoms with E-state index in [0.29, 0.717) is 149 Å². The van der Waals surface area contributed by atoms with Gasteiger partial charge in [-0.25, -0.2) is 0 Å². The largest absolute Gasteiger partial charge is 0.507 e. The molecule has 2 heterocycles. The van der Waals surface area contributed by atoms with E-state index >= 15 is 0 Å². The van der Waals surface area contributed by atoms with Crippen LogP contribution in [0.3, 0.4) is 0 Å². The normalized spacial score (nSPS) is 20.1. The van der Waals surface area contributed by atoms with Gasteiger partial charge >= 0.3 is 0 Å². The van der Waals surface area contributed by atoms with Crippen molar-refractivity contribution in [2.75, 3.05) is 132 Å². The van der Waals surface area contributed by atoms with Crippen LogP contribution in [0.1, 0.15) is 150 Å². The third-order valence-corrected chi connectivity index (χ3v) is 14.8. The summed E-state index contributed by atoms with van der Waals surface area (Å²) in [6.07, 6.45) is 0.583. The zero-order valence-electron chi connectivity index (χ0n) is 50.5. The Kier molecular flexibility index (Phi) is 23.2. The summed E-state index contributed by atoms with van der Waals surface area (Å²) >= 11 is 0.